The molecule has 0 radical (unpaired) electrons. The zero-order valence-corrected chi connectivity index (χ0v) is 11.8. The highest BCUT2D eigenvalue weighted by Gasteiger charge is 2.07. The number of nitrogens with zero attached hydrogens (tertiary/aromatic N) is 1. The van der Waals surface area contributed by atoms with Crippen molar-refractivity contribution in [3.8, 4) is 17.1 Å². The van der Waals surface area contributed by atoms with Gasteiger partial charge in [-0.2, -0.15) is 0 Å². The Morgan fingerprint density at radius 1 is 1.19 bits per heavy atom. The Bertz CT molecular complexity index is 722. The summed E-state index contributed by atoms with van der Waals surface area (Å²) in [5.74, 6) is 0.889. The summed E-state index contributed by atoms with van der Waals surface area (Å²) in [6.45, 7) is 0.436. The molecule has 0 aliphatic heterocycles. The Kier molecular flexibility index (Phi) is 3.79. The van der Waals surface area contributed by atoms with Crippen molar-refractivity contribution in [2.45, 2.75) is 6.54 Å². The molecule has 0 aliphatic rings. The highest BCUT2D eigenvalue weighted by molar-refractivity contribution is 6.31. The quantitative estimate of drug-likeness (QED) is 0.753. The summed E-state index contributed by atoms with van der Waals surface area (Å²) in [4.78, 5) is 3.91. The minimum Gasteiger partial charge on any atom is -0.508 e. The molecule has 1 aromatic heterocycles. The molecular formula is C16H13ClN2O2. The van der Waals surface area contributed by atoms with Crippen LogP contribution in [0.4, 0.5) is 5.69 Å². The Balaban J connectivity index is 1.78. The molecule has 0 spiro atoms. The summed E-state index contributed by atoms with van der Waals surface area (Å²) in [6, 6.07) is 12.8. The third-order valence-electron chi connectivity index (χ3n) is 3.14. The van der Waals surface area contributed by atoms with E-state index < -0.39 is 0 Å². The number of anilines is 1. The van der Waals surface area contributed by atoms with Gasteiger partial charge < -0.3 is 14.8 Å². The van der Waals surface area contributed by atoms with Crippen molar-refractivity contribution in [2.24, 2.45) is 0 Å². The number of rotatable bonds is 4. The average molecular weight is 301 g/mol. The van der Waals surface area contributed by atoms with E-state index in [2.05, 4.69) is 10.3 Å². The van der Waals surface area contributed by atoms with E-state index >= 15 is 0 Å². The summed E-state index contributed by atoms with van der Waals surface area (Å²) in [5.41, 5.74) is 2.51. The van der Waals surface area contributed by atoms with Crippen LogP contribution in [0.2, 0.25) is 5.02 Å². The number of halogens is 1. The maximum absolute atomic E-state index is 9.83. The largest absolute Gasteiger partial charge is 0.508 e. The number of aromatic hydroxyl groups is 1. The van der Waals surface area contributed by atoms with Crippen molar-refractivity contribution < 1.29 is 9.52 Å². The first-order chi connectivity index (χ1) is 10.2. The molecule has 1 heterocycles. The topological polar surface area (TPSA) is 58.3 Å². The van der Waals surface area contributed by atoms with E-state index in [1.165, 1.54) is 6.39 Å². The first kappa shape index (κ1) is 13.5. The van der Waals surface area contributed by atoms with Gasteiger partial charge in [-0.15, -0.1) is 0 Å². The predicted octanol–water partition coefficient (Wildman–Crippen LogP) is 4.31. The second-order valence-corrected chi connectivity index (χ2v) is 4.94. The van der Waals surface area contributed by atoms with Gasteiger partial charge in [-0.3, -0.25) is 0 Å². The monoisotopic (exact) mass is 300 g/mol. The Morgan fingerprint density at radius 2 is 2.05 bits per heavy atom. The number of phenolic OH excluding ortho intramolecular Hbond substituents is 1. The SMILES string of the molecule is Oc1cccc(Cl)c1CNc1cccc(-c2cnco2)c1. The molecule has 0 fully saturated rings. The van der Waals surface area contributed by atoms with E-state index in [-0.39, 0.29) is 5.75 Å². The van der Waals surface area contributed by atoms with Gasteiger partial charge in [0.1, 0.15) is 5.75 Å². The normalized spacial score (nSPS) is 10.5. The van der Waals surface area contributed by atoms with Gasteiger partial charge in [0.2, 0.25) is 0 Å². The summed E-state index contributed by atoms with van der Waals surface area (Å²) in [5, 5.41) is 13.6. The molecule has 0 bridgehead atoms. The van der Waals surface area contributed by atoms with Gasteiger partial charge in [0.25, 0.3) is 0 Å². The van der Waals surface area contributed by atoms with Crippen molar-refractivity contribution in [2.75, 3.05) is 5.32 Å². The molecule has 106 valence electrons. The standard InChI is InChI=1S/C16H13ClN2O2/c17-14-5-2-6-15(20)13(14)8-19-12-4-1-3-11(7-12)16-9-18-10-21-16/h1-7,9-10,19-20H,8H2. The number of aromatic nitrogens is 1. The highest BCUT2D eigenvalue weighted by atomic mass is 35.5. The number of hydrogen-bond donors (Lipinski definition) is 2. The van der Waals surface area contributed by atoms with Crippen LogP contribution in [0.5, 0.6) is 5.75 Å². The lowest BCUT2D eigenvalue weighted by atomic mass is 10.1. The van der Waals surface area contributed by atoms with Crippen LogP contribution in [0.3, 0.4) is 0 Å². The second-order valence-electron chi connectivity index (χ2n) is 4.54. The van der Waals surface area contributed by atoms with Crippen LogP contribution < -0.4 is 5.32 Å². The van der Waals surface area contributed by atoms with Crippen molar-refractivity contribution in [3.63, 3.8) is 0 Å². The number of oxazole rings is 1. The van der Waals surface area contributed by atoms with Gasteiger partial charge in [0.05, 0.1) is 6.20 Å². The van der Waals surface area contributed by atoms with Crippen molar-refractivity contribution in [3.05, 3.63) is 65.6 Å². The maximum Gasteiger partial charge on any atom is 0.181 e. The molecule has 0 atom stereocenters. The number of hydrogen-bond acceptors (Lipinski definition) is 4. The molecule has 5 heteroatoms. The molecule has 3 rings (SSSR count). The Morgan fingerprint density at radius 3 is 2.81 bits per heavy atom. The molecule has 0 unspecified atom stereocenters. The van der Waals surface area contributed by atoms with Crippen LogP contribution >= 0.6 is 11.6 Å². The predicted molar refractivity (Wildman–Crippen MR) is 82.4 cm³/mol. The van der Waals surface area contributed by atoms with Gasteiger partial charge >= 0.3 is 0 Å². The molecule has 0 saturated carbocycles. The minimum atomic E-state index is 0.182. The molecular weight excluding hydrogens is 288 g/mol. The molecule has 4 nitrogen and oxygen atoms in total. The highest BCUT2D eigenvalue weighted by Crippen LogP contribution is 2.27. The lowest BCUT2D eigenvalue weighted by molar-refractivity contribution is 0.469. The van der Waals surface area contributed by atoms with Gasteiger partial charge in [-0.25, -0.2) is 4.98 Å². The lowest BCUT2D eigenvalue weighted by Gasteiger charge is -2.10. The molecule has 2 N–H and O–H groups in total. The maximum atomic E-state index is 9.83. The summed E-state index contributed by atoms with van der Waals surface area (Å²) in [7, 11) is 0. The van der Waals surface area contributed by atoms with Crippen LogP contribution in [0, 0.1) is 0 Å². The van der Waals surface area contributed by atoms with E-state index in [4.69, 9.17) is 16.0 Å². The molecule has 2 aromatic carbocycles. The van der Waals surface area contributed by atoms with Crippen molar-refractivity contribution in [1.29, 1.82) is 0 Å². The van der Waals surface area contributed by atoms with Gasteiger partial charge in [0.15, 0.2) is 12.2 Å². The van der Waals surface area contributed by atoms with E-state index in [1.54, 1.807) is 24.4 Å². The zero-order valence-electron chi connectivity index (χ0n) is 11.1. The summed E-state index contributed by atoms with van der Waals surface area (Å²) in [6.07, 6.45) is 3.07. The molecule has 21 heavy (non-hydrogen) atoms. The fourth-order valence-electron chi connectivity index (χ4n) is 2.05. The van der Waals surface area contributed by atoms with Gasteiger partial charge in [0, 0.05) is 28.4 Å². The lowest BCUT2D eigenvalue weighted by Crippen LogP contribution is -2.00. The van der Waals surface area contributed by atoms with Crippen LogP contribution in [0.25, 0.3) is 11.3 Å². The summed E-state index contributed by atoms with van der Waals surface area (Å²) >= 11 is 6.08. The third-order valence-corrected chi connectivity index (χ3v) is 3.50. The Hall–Kier alpha value is -2.46. The fourth-order valence-corrected chi connectivity index (χ4v) is 2.29. The Labute approximate surface area is 127 Å². The van der Waals surface area contributed by atoms with Crippen molar-refractivity contribution >= 4 is 17.3 Å². The molecule has 3 aromatic rings. The average Bonchev–Trinajstić information content (AvgIpc) is 3.01. The van der Waals surface area contributed by atoms with E-state index in [1.807, 2.05) is 24.3 Å². The third kappa shape index (κ3) is 3.01. The van der Waals surface area contributed by atoms with Gasteiger partial charge in [-0.1, -0.05) is 29.8 Å². The van der Waals surface area contributed by atoms with Gasteiger partial charge in [-0.05, 0) is 24.3 Å². The molecule has 0 amide bonds. The van der Waals surface area contributed by atoms with Crippen LogP contribution in [0.1, 0.15) is 5.56 Å². The summed E-state index contributed by atoms with van der Waals surface area (Å²) < 4.78 is 5.28. The van der Waals surface area contributed by atoms with Crippen LogP contribution in [0.15, 0.2) is 59.5 Å². The van der Waals surface area contributed by atoms with E-state index in [0.29, 0.717) is 22.9 Å². The number of phenols is 1. The number of nitrogens with one attached hydrogen (secondary N) is 1. The fraction of sp³-hybridized carbons (Fsp3) is 0.0625. The zero-order chi connectivity index (χ0) is 14.7. The molecule has 0 aliphatic carbocycles. The van der Waals surface area contributed by atoms with Crippen molar-refractivity contribution in [1.82, 2.24) is 4.98 Å². The van der Waals surface area contributed by atoms with Crippen LogP contribution in [-0.4, -0.2) is 10.1 Å². The number of benzene rings is 2. The first-order valence-corrected chi connectivity index (χ1v) is 6.81. The first-order valence-electron chi connectivity index (χ1n) is 6.43. The smallest absolute Gasteiger partial charge is 0.181 e. The van der Waals surface area contributed by atoms with E-state index in [9.17, 15) is 5.11 Å². The minimum absolute atomic E-state index is 0.182. The van der Waals surface area contributed by atoms with Crippen LogP contribution in [-0.2, 0) is 6.54 Å². The van der Waals surface area contributed by atoms with E-state index in [0.717, 1.165) is 11.3 Å². The molecule has 0 saturated heterocycles. The second kappa shape index (κ2) is 5.89.